The van der Waals surface area contributed by atoms with Crippen LogP contribution in [0.1, 0.15) is 0 Å². The molecule has 3 N–H and O–H groups in total. The summed E-state index contributed by atoms with van der Waals surface area (Å²) in [5.74, 6) is 0.393. The maximum absolute atomic E-state index is 12.1. The summed E-state index contributed by atoms with van der Waals surface area (Å²) >= 11 is 0. The molecule has 0 bridgehead atoms. The number of nitrogens with one attached hydrogen (secondary N) is 1. The Morgan fingerprint density at radius 1 is 1.32 bits per heavy atom. The highest BCUT2D eigenvalue weighted by Crippen LogP contribution is 2.19. The van der Waals surface area contributed by atoms with Crippen molar-refractivity contribution in [3.63, 3.8) is 0 Å². The van der Waals surface area contributed by atoms with E-state index in [9.17, 15) is 9.59 Å². The number of rotatable bonds is 7. The molecule has 0 aliphatic carbocycles. The van der Waals surface area contributed by atoms with Gasteiger partial charge in [0, 0.05) is 26.7 Å². The fourth-order valence-electron chi connectivity index (χ4n) is 2.32. The molecule has 0 aliphatic rings. The lowest BCUT2D eigenvalue weighted by molar-refractivity contribution is 0.279. The monoisotopic (exact) mass is 309 g/mol. The first-order valence-corrected chi connectivity index (χ1v) is 6.82. The van der Waals surface area contributed by atoms with Gasteiger partial charge in [0.1, 0.15) is 0 Å². The minimum absolute atomic E-state index is 0.132. The molecule has 2 rings (SSSR count). The third-order valence-electron chi connectivity index (χ3n) is 3.32. The second-order valence-electron chi connectivity index (χ2n) is 4.74. The summed E-state index contributed by atoms with van der Waals surface area (Å²) in [5, 5.41) is 18.3. The van der Waals surface area contributed by atoms with Crippen molar-refractivity contribution in [3.8, 4) is 0 Å². The Morgan fingerprint density at radius 2 is 1.95 bits per heavy atom. The number of imidazole rings is 1. The van der Waals surface area contributed by atoms with Gasteiger partial charge in [0.15, 0.2) is 11.2 Å². The number of aromatic amines is 1. The Morgan fingerprint density at radius 3 is 2.50 bits per heavy atom. The molecule has 0 atom stereocenters. The molecule has 2 aromatic rings. The number of fused-ring (bicyclic) bond motifs is 1. The predicted octanol–water partition coefficient (Wildman–Crippen LogP) is -1.60. The molecule has 0 radical (unpaired) electrons. The van der Waals surface area contributed by atoms with Crippen molar-refractivity contribution in [2.45, 2.75) is 6.54 Å². The molecule has 0 spiro atoms. The van der Waals surface area contributed by atoms with E-state index in [1.54, 1.807) is 15.5 Å². The van der Waals surface area contributed by atoms with Gasteiger partial charge in [0.05, 0.1) is 13.2 Å². The average molecular weight is 309 g/mol. The molecule has 9 nitrogen and oxygen atoms in total. The van der Waals surface area contributed by atoms with Crippen LogP contribution in [-0.4, -0.2) is 55.6 Å². The Balaban J connectivity index is 2.77. The van der Waals surface area contributed by atoms with Crippen molar-refractivity contribution in [2.75, 3.05) is 31.2 Å². The molecule has 0 unspecified atom stereocenters. The molecule has 0 saturated heterocycles. The Hall–Kier alpha value is -2.39. The number of hydrogen-bond acceptors (Lipinski definition) is 6. The van der Waals surface area contributed by atoms with Gasteiger partial charge in [-0.05, 0) is 0 Å². The zero-order valence-electron chi connectivity index (χ0n) is 12.3. The third kappa shape index (κ3) is 2.68. The van der Waals surface area contributed by atoms with Gasteiger partial charge in [0.25, 0.3) is 5.56 Å². The summed E-state index contributed by atoms with van der Waals surface area (Å²) in [6, 6.07) is 0. The van der Waals surface area contributed by atoms with Gasteiger partial charge >= 0.3 is 5.69 Å². The van der Waals surface area contributed by atoms with Crippen molar-refractivity contribution in [1.82, 2.24) is 19.1 Å². The van der Waals surface area contributed by atoms with E-state index in [0.29, 0.717) is 12.5 Å². The van der Waals surface area contributed by atoms with E-state index in [1.165, 1.54) is 11.6 Å². The number of aliphatic hydroxyl groups is 2. The minimum Gasteiger partial charge on any atom is -0.395 e. The summed E-state index contributed by atoms with van der Waals surface area (Å²) < 4.78 is 2.85. The number of anilines is 1. The minimum atomic E-state index is -0.553. The summed E-state index contributed by atoms with van der Waals surface area (Å²) in [6.07, 6.45) is 1.60. The van der Waals surface area contributed by atoms with Crippen LogP contribution in [0, 0.1) is 0 Å². The van der Waals surface area contributed by atoms with E-state index in [4.69, 9.17) is 10.2 Å². The SMILES string of the molecule is C=CCn1c(N(CCO)CCO)nc2c1c(=O)[nH]c(=O)n2C. The van der Waals surface area contributed by atoms with Crippen LogP contribution in [0.2, 0.25) is 0 Å². The molecule has 2 heterocycles. The fraction of sp³-hybridized carbons (Fsp3) is 0.462. The number of aromatic nitrogens is 4. The highest BCUT2D eigenvalue weighted by molar-refractivity contribution is 5.74. The number of H-pyrrole nitrogens is 1. The normalized spacial score (nSPS) is 11.0. The number of nitrogens with zero attached hydrogens (tertiary/aromatic N) is 4. The van der Waals surface area contributed by atoms with E-state index >= 15 is 0 Å². The maximum atomic E-state index is 12.1. The molecule has 0 aromatic carbocycles. The summed E-state index contributed by atoms with van der Waals surface area (Å²) in [4.78, 5) is 32.0. The van der Waals surface area contributed by atoms with Crippen LogP contribution in [0.3, 0.4) is 0 Å². The molecule has 22 heavy (non-hydrogen) atoms. The molecular weight excluding hydrogens is 290 g/mol. The van der Waals surface area contributed by atoms with Gasteiger partial charge in [-0.25, -0.2) is 4.79 Å². The van der Waals surface area contributed by atoms with E-state index in [-0.39, 0.29) is 37.5 Å². The maximum Gasteiger partial charge on any atom is 0.329 e. The van der Waals surface area contributed by atoms with Gasteiger partial charge in [0.2, 0.25) is 5.95 Å². The first-order chi connectivity index (χ1) is 10.5. The summed E-state index contributed by atoms with van der Waals surface area (Å²) in [7, 11) is 1.51. The second kappa shape index (κ2) is 6.58. The van der Waals surface area contributed by atoms with Gasteiger partial charge in [-0.1, -0.05) is 6.08 Å². The van der Waals surface area contributed by atoms with E-state index in [1.807, 2.05) is 0 Å². The van der Waals surface area contributed by atoms with Gasteiger partial charge < -0.3 is 19.7 Å². The molecule has 0 saturated carbocycles. The number of aliphatic hydroxyl groups excluding tert-OH is 2. The predicted molar refractivity (Wildman–Crippen MR) is 82.2 cm³/mol. The van der Waals surface area contributed by atoms with Crippen molar-refractivity contribution in [3.05, 3.63) is 33.5 Å². The van der Waals surface area contributed by atoms with Gasteiger partial charge in [-0.15, -0.1) is 6.58 Å². The largest absolute Gasteiger partial charge is 0.395 e. The molecular formula is C13H19N5O4. The third-order valence-corrected chi connectivity index (χ3v) is 3.32. The molecule has 0 aliphatic heterocycles. The average Bonchev–Trinajstić information content (AvgIpc) is 2.85. The summed E-state index contributed by atoms with van der Waals surface area (Å²) in [5.41, 5.74) is -0.598. The zero-order valence-corrected chi connectivity index (χ0v) is 12.3. The molecule has 120 valence electrons. The molecule has 2 aromatic heterocycles. The number of hydrogen-bond donors (Lipinski definition) is 3. The van der Waals surface area contributed by atoms with Crippen molar-refractivity contribution >= 4 is 17.1 Å². The van der Waals surface area contributed by atoms with Crippen molar-refractivity contribution in [1.29, 1.82) is 0 Å². The lowest BCUT2D eigenvalue weighted by Gasteiger charge is -2.22. The van der Waals surface area contributed by atoms with Crippen LogP contribution in [0.25, 0.3) is 11.2 Å². The van der Waals surface area contributed by atoms with Crippen molar-refractivity contribution in [2.24, 2.45) is 7.05 Å². The van der Waals surface area contributed by atoms with Crippen LogP contribution in [0.5, 0.6) is 0 Å². The lowest BCUT2D eigenvalue weighted by Crippen LogP contribution is -2.32. The molecule has 9 heteroatoms. The van der Waals surface area contributed by atoms with E-state index < -0.39 is 11.2 Å². The van der Waals surface area contributed by atoms with Crippen LogP contribution in [0.15, 0.2) is 22.2 Å². The number of allylic oxidation sites excluding steroid dienone is 1. The Bertz CT molecular complexity index is 782. The number of aryl methyl sites for hydroxylation is 1. The van der Waals surface area contributed by atoms with Crippen molar-refractivity contribution < 1.29 is 10.2 Å². The second-order valence-corrected chi connectivity index (χ2v) is 4.74. The fourth-order valence-corrected chi connectivity index (χ4v) is 2.32. The van der Waals surface area contributed by atoms with Crippen LogP contribution >= 0.6 is 0 Å². The lowest BCUT2D eigenvalue weighted by atomic mass is 10.4. The van der Waals surface area contributed by atoms with Crippen LogP contribution in [-0.2, 0) is 13.6 Å². The molecule has 0 amide bonds. The standard InChI is InChI=1S/C13H19N5O4/c1-3-4-18-9-10(16(2)13(22)15-11(9)21)14-12(18)17(5-7-19)6-8-20/h3,19-20H,1,4-8H2,2H3,(H,15,21,22). The van der Waals surface area contributed by atoms with E-state index in [0.717, 1.165) is 0 Å². The summed E-state index contributed by atoms with van der Waals surface area (Å²) in [6.45, 7) is 4.18. The Labute approximate surface area is 125 Å². The first kappa shape index (κ1) is 16.0. The highest BCUT2D eigenvalue weighted by Gasteiger charge is 2.20. The zero-order chi connectivity index (χ0) is 16.3. The topological polar surface area (TPSA) is 116 Å². The van der Waals surface area contributed by atoms with Crippen LogP contribution < -0.4 is 16.1 Å². The van der Waals surface area contributed by atoms with Crippen LogP contribution in [0.4, 0.5) is 5.95 Å². The highest BCUT2D eigenvalue weighted by atomic mass is 16.3. The van der Waals surface area contributed by atoms with E-state index in [2.05, 4.69) is 16.5 Å². The quantitative estimate of drug-likeness (QED) is 0.530. The first-order valence-electron chi connectivity index (χ1n) is 6.82. The van der Waals surface area contributed by atoms with Gasteiger partial charge in [-0.3, -0.25) is 14.3 Å². The molecule has 0 fully saturated rings. The smallest absolute Gasteiger partial charge is 0.329 e. The van der Waals surface area contributed by atoms with Gasteiger partial charge in [-0.2, -0.15) is 4.98 Å². The Kier molecular flexibility index (Phi) is 4.78.